The van der Waals surface area contributed by atoms with Crippen LogP contribution in [0.4, 0.5) is 10.1 Å². The van der Waals surface area contributed by atoms with Gasteiger partial charge in [0, 0.05) is 13.6 Å². The van der Waals surface area contributed by atoms with Gasteiger partial charge in [-0.1, -0.05) is 66.6 Å². The van der Waals surface area contributed by atoms with E-state index in [9.17, 15) is 22.4 Å². The highest BCUT2D eigenvalue weighted by atomic mass is 32.2. The molecule has 0 bridgehead atoms. The third kappa shape index (κ3) is 6.54. The number of nitrogens with zero attached hydrogens (tertiary/aromatic N) is 2. The second-order valence-corrected chi connectivity index (χ2v) is 10.7. The molecule has 0 aliphatic rings. The van der Waals surface area contributed by atoms with Gasteiger partial charge in [-0.3, -0.25) is 13.9 Å². The maximum Gasteiger partial charge on any atom is 0.264 e. The molecule has 2 amide bonds. The average molecular weight is 526 g/mol. The summed E-state index contributed by atoms with van der Waals surface area (Å²) in [5, 5.41) is 2.58. The smallest absolute Gasteiger partial charge is 0.264 e. The maximum atomic E-state index is 14.9. The molecule has 9 heteroatoms. The van der Waals surface area contributed by atoms with Crippen LogP contribution in [0, 0.1) is 19.7 Å². The van der Waals surface area contributed by atoms with Gasteiger partial charge in [0.15, 0.2) is 0 Å². The van der Waals surface area contributed by atoms with Crippen LogP contribution in [-0.4, -0.2) is 44.8 Å². The van der Waals surface area contributed by atoms with Gasteiger partial charge in [-0.05, 0) is 50.1 Å². The van der Waals surface area contributed by atoms with Crippen molar-refractivity contribution in [3.63, 3.8) is 0 Å². The van der Waals surface area contributed by atoms with Crippen LogP contribution >= 0.6 is 0 Å². The molecule has 0 radical (unpaired) electrons. The van der Waals surface area contributed by atoms with Gasteiger partial charge in [-0.15, -0.1) is 0 Å². The fraction of sp³-hybridized carbons (Fsp3) is 0.286. The number of halogens is 1. The Morgan fingerprint density at radius 2 is 1.49 bits per heavy atom. The standard InChI is InChI=1S/C28H32FN3O4S/c1-5-25(28(34)30-4)31(18-22-14-10-20(2)11-15-22)27(33)19-32(26-9-7-6-8-24(26)29)37(35,36)23-16-12-21(3)13-17-23/h6-17,25H,5,18-19H2,1-4H3,(H,30,34)/t25-/m1/s1. The lowest BCUT2D eigenvalue weighted by Gasteiger charge is -2.33. The third-order valence-corrected chi connectivity index (χ3v) is 7.89. The number of aryl methyl sites for hydroxylation is 2. The Labute approximate surface area is 218 Å². The predicted octanol–water partition coefficient (Wildman–Crippen LogP) is 4.19. The zero-order valence-corrected chi connectivity index (χ0v) is 22.3. The average Bonchev–Trinajstić information content (AvgIpc) is 2.88. The fourth-order valence-corrected chi connectivity index (χ4v) is 5.40. The second kappa shape index (κ2) is 12.0. The molecule has 0 saturated carbocycles. The van der Waals surface area contributed by atoms with Crippen molar-refractivity contribution in [3.05, 3.63) is 95.3 Å². The molecule has 0 unspecified atom stereocenters. The molecule has 1 N–H and O–H groups in total. The molecule has 7 nitrogen and oxygen atoms in total. The van der Waals surface area contributed by atoms with Crippen molar-refractivity contribution < 1.29 is 22.4 Å². The van der Waals surface area contributed by atoms with Gasteiger partial charge in [0.05, 0.1) is 10.6 Å². The van der Waals surface area contributed by atoms with E-state index in [0.717, 1.165) is 27.1 Å². The maximum absolute atomic E-state index is 14.9. The van der Waals surface area contributed by atoms with Crippen molar-refractivity contribution in [3.8, 4) is 0 Å². The zero-order valence-electron chi connectivity index (χ0n) is 21.4. The highest BCUT2D eigenvalue weighted by molar-refractivity contribution is 7.92. The first-order valence-electron chi connectivity index (χ1n) is 12.0. The van der Waals surface area contributed by atoms with E-state index >= 15 is 0 Å². The molecule has 0 spiro atoms. The van der Waals surface area contributed by atoms with E-state index in [2.05, 4.69) is 5.32 Å². The molecule has 0 aliphatic carbocycles. The zero-order chi connectivity index (χ0) is 27.2. The summed E-state index contributed by atoms with van der Waals surface area (Å²) in [4.78, 5) is 27.8. The number of amides is 2. The Kier molecular flexibility index (Phi) is 9.04. The van der Waals surface area contributed by atoms with Crippen molar-refractivity contribution in [1.29, 1.82) is 0 Å². The number of hydrogen-bond donors (Lipinski definition) is 1. The number of nitrogens with one attached hydrogen (secondary N) is 1. The third-order valence-electron chi connectivity index (χ3n) is 6.11. The number of carbonyl (C=O) groups is 2. The lowest BCUT2D eigenvalue weighted by molar-refractivity contribution is -0.140. The van der Waals surface area contributed by atoms with Crippen LogP contribution in [0.25, 0.3) is 0 Å². The lowest BCUT2D eigenvalue weighted by Crippen LogP contribution is -2.51. The van der Waals surface area contributed by atoms with Gasteiger partial charge in [0.25, 0.3) is 10.0 Å². The van der Waals surface area contributed by atoms with Crippen molar-refractivity contribution in [1.82, 2.24) is 10.2 Å². The summed E-state index contributed by atoms with van der Waals surface area (Å²) < 4.78 is 43.0. The first-order chi connectivity index (χ1) is 17.6. The summed E-state index contributed by atoms with van der Waals surface area (Å²) >= 11 is 0. The second-order valence-electron chi connectivity index (χ2n) is 8.82. The number of likely N-dealkylation sites (N-methyl/N-ethyl adjacent to an activating group) is 1. The van der Waals surface area contributed by atoms with Gasteiger partial charge < -0.3 is 10.2 Å². The highest BCUT2D eigenvalue weighted by Gasteiger charge is 2.34. The van der Waals surface area contributed by atoms with Gasteiger partial charge in [0.2, 0.25) is 11.8 Å². The van der Waals surface area contributed by atoms with Crippen molar-refractivity contribution in [2.45, 2.75) is 44.7 Å². The topological polar surface area (TPSA) is 86.8 Å². The Bertz CT molecular complexity index is 1340. The summed E-state index contributed by atoms with van der Waals surface area (Å²) in [7, 11) is -2.83. The minimum atomic E-state index is -4.31. The van der Waals surface area contributed by atoms with Gasteiger partial charge in [-0.25, -0.2) is 12.8 Å². The first-order valence-corrected chi connectivity index (χ1v) is 13.4. The van der Waals surface area contributed by atoms with Gasteiger partial charge in [-0.2, -0.15) is 0 Å². The summed E-state index contributed by atoms with van der Waals surface area (Å²) in [6.07, 6.45) is 0.307. The number of anilines is 1. The highest BCUT2D eigenvalue weighted by Crippen LogP contribution is 2.27. The lowest BCUT2D eigenvalue weighted by atomic mass is 10.1. The van der Waals surface area contributed by atoms with E-state index in [1.165, 1.54) is 42.3 Å². The Morgan fingerprint density at radius 3 is 2.03 bits per heavy atom. The Hall–Kier alpha value is -3.72. The van der Waals surface area contributed by atoms with Gasteiger partial charge in [0.1, 0.15) is 18.4 Å². The van der Waals surface area contributed by atoms with Crippen LogP contribution in [0.2, 0.25) is 0 Å². The molecule has 196 valence electrons. The Morgan fingerprint density at radius 1 is 0.919 bits per heavy atom. The molecule has 37 heavy (non-hydrogen) atoms. The van der Waals surface area contributed by atoms with E-state index in [1.54, 1.807) is 19.1 Å². The SMILES string of the molecule is CC[C@H](C(=O)NC)N(Cc1ccc(C)cc1)C(=O)CN(c1ccccc1F)S(=O)(=O)c1ccc(C)cc1. The van der Waals surface area contributed by atoms with E-state index in [4.69, 9.17) is 0 Å². The molecule has 3 aromatic rings. The van der Waals surface area contributed by atoms with E-state index in [-0.39, 0.29) is 23.0 Å². The first kappa shape index (κ1) is 27.9. The van der Waals surface area contributed by atoms with Crippen LogP contribution in [0.15, 0.2) is 77.7 Å². The molecule has 0 aliphatic heterocycles. The number of para-hydroxylation sites is 1. The largest absolute Gasteiger partial charge is 0.357 e. The number of sulfonamides is 1. The molecular weight excluding hydrogens is 493 g/mol. The summed E-state index contributed by atoms with van der Waals surface area (Å²) in [5.74, 6) is -1.79. The molecule has 0 fully saturated rings. The Balaban J connectivity index is 2.06. The van der Waals surface area contributed by atoms with Crippen molar-refractivity contribution in [2.24, 2.45) is 0 Å². The van der Waals surface area contributed by atoms with E-state index in [1.807, 2.05) is 38.1 Å². The monoisotopic (exact) mass is 525 g/mol. The van der Waals surface area contributed by atoms with E-state index < -0.39 is 34.3 Å². The number of benzene rings is 3. The van der Waals surface area contributed by atoms with Crippen LogP contribution in [0.1, 0.15) is 30.0 Å². The fourth-order valence-electron chi connectivity index (χ4n) is 3.98. The van der Waals surface area contributed by atoms with Crippen molar-refractivity contribution in [2.75, 3.05) is 17.9 Å². The minimum Gasteiger partial charge on any atom is -0.357 e. The molecule has 0 aromatic heterocycles. The number of rotatable bonds is 10. The van der Waals surface area contributed by atoms with Crippen LogP contribution in [0.3, 0.4) is 0 Å². The van der Waals surface area contributed by atoms with Crippen molar-refractivity contribution >= 4 is 27.5 Å². The molecule has 0 saturated heterocycles. The summed E-state index contributed by atoms with van der Waals surface area (Å²) in [5.41, 5.74) is 2.42. The van der Waals surface area contributed by atoms with Crippen LogP contribution < -0.4 is 9.62 Å². The minimum absolute atomic E-state index is 0.0717. The molecule has 0 heterocycles. The number of carbonyl (C=O) groups excluding carboxylic acids is 2. The predicted molar refractivity (Wildman–Crippen MR) is 142 cm³/mol. The normalized spacial score (nSPS) is 12.0. The molecular formula is C28H32FN3O4S. The molecule has 3 rings (SSSR count). The number of hydrogen-bond acceptors (Lipinski definition) is 4. The quantitative estimate of drug-likeness (QED) is 0.430. The summed E-state index contributed by atoms with van der Waals surface area (Å²) in [6, 6.07) is 18.2. The molecule has 3 aromatic carbocycles. The van der Waals surface area contributed by atoms with Crippen LogP contribution in [-0.2, 0) is 26.2 Å². The molecule has 1 atom stereocenters. The summed E-state index contributed by atoms with van der Waals surface area (Å²) in [6.45, 7) is 4.93. The van der Waals surface area contributed by atoms with Crippen LogP contribution in [0.5, 0.6) is 0 Å². The van der Waals surface area contributed by atoms with Gasteiger partial charge >= 0.3 is 0 Å². The van der Waals surface area contributed by atoms with E-state index in [0.29, 0.717) is 6.42 Å².